The van der Waals surface area contributed by atoms with Crippen LogP contribution in [-0.2, 0) is 34.6 Å². The van der Waals surface area contributed by atoms with Gasteiger partial charge in [-0.2, -0.15) is 74.4 Å². The van der Waals surface area contributed by atoms with Gasteiger partial charge in [0.05, 0.1) is 11.1 Å². The molecule has 9 heteroatoms. The summed E-state index contributed by atoms with van der Waals surface area (Å²) in [4.78, 5) is 0. The molecule has 2 N–H and O–H groups in total. The fourth-order valence-corrected chi connectivity index (χ4v) is 3.77. The van der Waals surface area contributed by atoms with Gasteiger partial charge >= 0.3 is 46.4 Å². The molecule has 0 spiro atoms. The number of hydrogen-bond acceptors (Lipinski definition) is 2. The van der Waals surface area contributed by atoms with E-state index in [-0.39, 0.29) is 11.5 Å². The van der Waals surface area contributed by atoms with Crippen LogP contribution in [0.15, 0.2) is 115 Å². The number of aryl methyl sites for hydroxylation is 1. The van der Waals surface area contributed by atoms with Crippen LogP contribution in [-0.4, -0.2) is 14.6 Å². The van der Waals surface area contributed by atoms with Gasteiger partial charge in [0, 0.05) is 0 Å². The van der Waals surface area contributed by atoms with Crippen molar-refractivity contribution in [1.29, 1.82) is 0 Å². The van der Waals surface area contributed by atoms with Crippen molar-refractivity contribution in [2.45, 2.75) is 39.5 Å². The summed E-state index contributed by atoms with van der Waals surface area (Å²) >= 11 is 2.82. The summed E-state index contributed by atoms with van der Waals surface area (Å²) in [6, 6.07) is 33.7. The number of phenols is 2. The van der Waals surface area contributed by atoms with Crippen molar-refractivity contribution in [2.75, 3.05) is 0 Å². The van der Waals surface area contributed by atoms with Gasteiger partial charge in [-0.05, 0) is 55.0 Å². The Labute approximate surface area is 267 Å². The second-order valence-corrected chi connectivity index (χ2v) is 11.1. The van der Waals surface area contributed by atoms with E-state index in [1.54, 1.807) is 0 Å². The van der Waals surface area contributed by atoms with Crippen LogP contribution in [0.3, 0.4) is 0 Å². The number of benzene rings is 4. The first kappa shape index (κ1) is 37.0. The molecule has 0 saturated carbocycles. The number of halogens is 6. The number of alkyl halides is 6. The molecule has 0 saturated heterocycles. The van der Waals surface area contributed by atoms with Gasteiger partial charge in [0.1, 0.15) is 11.5 Å². The summed E-state index contributed by atoms with van der Waals surface area (Å²) < 4.78 is 72.3. The predicted octanol–water partition coefficient (Wildman–Crippen LogP) is 10.3. The molecule has 0 aliphatic heterocycles. The van der Waals surface area contributed by atoms with Crippen LogP contribution < -0.4 is 0 Å². The molecule has 5 aromatic carbocycles. The molecule has 0 bridgehead atoms. The van der Waals surface area contributed by atoms with Gasteiger partial charge in [0.15, 0.2) is 0 Å². The monoisotopic (exact) mass is 662 g/mol. The maximum atomic E-state index is 11.8. The minimum Gasteiger partial charge on any atom is -0.508 e. The number of hydrogen-bond donors (Lipinski definition) is 2. The molecule has 6 rings (SSSR count). The average molecular weight is 663 g/mol. The minimum absolute atomic E-state index is 0.169. The van der Waals surface area contributed by atoms with Gasteiger partial charge in [0.2, 0.25) is 0 Å². The van der Waals surface area contributed by atoms with Gasteiger partial charge in [-0.15, -0.1) is 5.56 Å². The zero-order valence-corrected chi connectivity index (χ0v) is 26.0. The zero-order valence-electron chi connectivity index (χ0n) is 24.7. The Kier molecular flexibility index (Phi) is 14.3. The Bertz CT molecular complexity index is 1490. The largest absolute Gasteiger partial charge is 0.508 e. The third kappa shape index (κ3) is 13.6. The van der Waals surface area contributed by atoms with Crippen molar-refractivity contribution in [3.8, 4) is 22.6 Å². The topological polar surface area (TPSA) is 40.5 Å². The molecule has 2 nitrogen and oxygen atoms in total. The SMILES string of the molecule is C[C](C)=[Cr].Cc1cc[cH-]c1.Oc1ccc(C(F)(F)F)cc1.Oc1ccc(C(F)(F)F)cc1.[c-]1cccc2c1Cc1ccccc1-2. The van der Waals surface area contributed by atoms with Gasteiger partial charge in [-0.25, -0.2) is 11.6 Å². The standard InChI is InChI=1S/C13H9.2C7H5F3O.C6H7.C3H6.Cr/c1-3-7-12-10(5-1)9-11-6-2-4-8-13(11)12;2*8-7(9,10)5-1-3-6(11)4-2-5;1-6-4-2-3-5-6;1-3-2;/h1-5,7-8H,9H2;2*1-4,11H;2-5H,1H3;1-2H3;/q-1;;;-1;;. The van der Waals surface area contributed by atoms with Crippen molar-refractivity contribution < 1.29 is 52.4 Å². The summed E-state index contributed by atoms with van der Waals surface area (Å²) in [5.74, 6) is -0.337. The average Bonchev–Trinajstić information content (AvgIpc) is 3.60. The molecule has 0 radical (unpaired) electrons. The van der Waals surface area contributed by atoms with Gasteiger partial charge in [-0.1, -0.05) is 42.3 Å². The van der Waals surface area contributed by atoms with Gasteiger partial charge < -0.3 is 10.2 Å². The van der Waals surface area contributed by atoms with Gasteiger partial charge in [-0.3, -0.25) is 0 Å². The molecule has 0 heterocycles. The van der Waals surface area contributed by atoms with Crippen molar-refractivity contribution in [1.82, 2.24) is 0 Å². The Balaban J connectivity index is 0.000000206. The van der Waals surface area contributed by atoms with Crippen molar-refractivity contribution in [3.05, 3.63) is 149 Å². The molecule has 1 aliphatic rings. The van der Waals surface area contributed by atoms with Crippen LogP contribution in [0.1, 0.15) is 41.7 Å². The fourth-order valence-electron chi connectivity index (χ4n) is 3.77. The molecule has 0 fully saturated rings. The number of aromatic hydroxyl groups is 2. The molecule has 238 valence electrons. The second-order valence-electron chi connectivity index (χ2n) is 9.86. The molecule has 1 aliphatic carbocycles. The molecule has 5 aromatic rings. The normalized spacial score (nSPS) is 11.0. The van der Waals surface area contributed by atoms with E-state index in [1.165, 1.54) is 32.2 Å². The quantitative estimate of drug-likeness (QED) is 0.126. The molecule has 45 heavy (non-hydrogen) atoms. The van der Waals surface area contributed by atoms with Crippen molar-refractivity contribution >= 4 is 4.38 Å². The Morgan fingerprint density at radius 3 is 1.58 bits per heavy atom. The molecule has 0 atom stereocenters. The fraction of sp³-hybridized carbons (Fsp3) is 0.167. The van der Waals surface area contributed by atoms with Crippen LogP contribution in [0.4, 0.5) is 26.3 Å². The first-order valence-corrected chi connectivity index (χ1v) is 14.2. The Morgan fingerprint density at radius 2 is 1.18 bits per heavy atom. The first-order valence-electron chi connectivity index (χ1n) is 13.5. The van der Waals surface area contributed by atoms with E-state index in [0.29, 0.717) is 0 Å². The van der Waals surface area contributed by atoms with Crippen molar-refractivity contribution in [2.24, 2.45) is 0 Å². The molecular weight excluding hydrogens is 630 g/mol. The Morgan fingerprint density at radius 1 is 0.711 bits per heavy atom. The van der Waals surface area contributed by atoms with Crippen LogP contribution in [0, 0.1) is 13.0 Å². The van der Waals surface area contributed by atoms with Crippen molar-refractivity contribution in [3.63, 3.8) is 0 Å². The van der Waals surface area contributed by atoms with Crippen LogP contribution in [0.25, 0.3) is 11.1 Å². The second kappa shape index (κ2) is 17.3. The summed E-state index contributed by atoms with van der Waals surface area (Å²) in [6.07, 6.45) is -7.60. The summed E-state index contributed by atoms with van der Waals surface area (Å²) in [7, 11) is 0. The van der Waals surface area contributed by atoms with E-state index in [1.807, 2.05) is 32.0 Å². The molecule has 0 amide bonds. The molecule has 0 aromatic heterocycles. The number of fused-ring (bicyclic) bond motifs is 3. The van der Waals surface area contributed by atoms with E-state index >= 15 is 0 Å². The maximum Gasteiger partial charge on any atom is 0.416 e. The number of rotatable bonds is 0. The van der Waals surface area contributed by atoms with E-state index in [0.717, 1.165) is 55.0 Å². The zero-order chi connectivity index (χ0) is 33.6. The maximum absolute atomic E-state index is 11.8. The van der Waals surface area contributed by atoms with E-state index in [4.69, 9.17) is 10.2 Å². The van der Waals surface area contributed by atoms with E-state index < -0.39 is 23.5 Å². The van der Waals surface area contributed by atoms with Crippen LogP contribution >= 0.6 is 0 Å². The molecular formula is C36H32CrF6O2-2. The molecule has 0 unspecified atom stereocenters. The summed E-state index contributed by atoms with van der Waals surface area (Å²) in [5.41, 5.74) is 5.34. The van der Waals surface area contributed by atoms with Gasteiger partial charge in [0.25, 0.3) is 0 Å². The third-order valence-electron chi connectivity index (χ3n) is 5.84. The summed E-state index contributed by atoms with van der Waals surface area (Å²) in [6.45, 7) is 6.14. The van der Waals surface area contributed by atoms with Crippen LogP contribution in [0.2, 0.25) is 0 Å². The Hall–Kier alpha value is -4.19. The van der Waals surface area contributed by atoms with E-state index in [2.05, 4.69) is 77.4 Å². The summed E-state index contributed by atoms with van der Waals surface area (Å²) in [5, 5.41) is 17.3. The van der Waals surface area contributed by atoms with Crippen LogP contribution in [0.5, 0.6) is 11.5 Å². The minimum atomic E-state index is -4.33. The predicted molar refractivity (Wildman–Crippen MR) is 163 cm³/mol. The van der Waals surface area contributed by atoms with E-state index in [9.17, 15) is 26.3 Å². The number of phenolic OH excluding ortho intramolecular Hbond substituents is 2. The first-order chi connectivity index (χ1) is 21.1. The smallest absolute Gasteiger partial charge is 0.416 e. The third-order valence-corrected chi connectivity index (χ3v) is 5.84.